The van der Waals surface area contributed by atoms with Gasteiger partial charge in [-0.25, -0.2) is 0 Å². The van der Waals surface area contributed by atoms with Gasteiger partial charge in [0.15, 0.2) is 0 Å². The lowest BCUT2D eigenvalue weighted by Gasteiger charge is -2.04. The summed E-state index contributed by atoms with van der Waals surface area (Å²) in [5.41, 5.74) is 1.16. The summed E-state index contributed by atoms with van der Waals surface area (Å²) in [6.07, 6.45) is 1.31. The van der Waals surface area contributed by atoms with Crippen LogP contribution in [0.15, 0.2) is 24.3 Å². The van der Waals surface area contributed by atoms with E-state index >= 15 is 0 Å². The Bertz CT molecular complexity index is 365. The van der Waals surface area contributed by atoms with Gasteiger partial charge in [-0.3, -0.25) is 4.79 Å². The minimum Gasteiger partial charge on any atom is -0.427 e. The Morgan fingerprint density at radius 2 is 1.84 bits per heavy atom. The average Bonchev–Trinajstić information content (AvgIpc) is 2.40. The molecular weight excluding hydrogens is 280 g/mol. The number of esters is 1. The molecule has 0 aromatic heterocycles. The molecule has 0 atom stereocenters. The van der Waals surface area contributed by atoms with Crippen molar-refractivity contribution in [3.63, 3.8) is 0 Å². The highest BCUT2D eigenvalue weighted by atomic mass is 33.1. The van der Waals surface area contributed by atoms with Crippen molar-refractivity contribution in [1.82, 2.24) is 0 Å². The van der Waals surface area contributed by atoms with Crippen molar-refractivity contribution in [2.75, 3.05) is 25.2 Å². The Morgan fingerprint density at radius 1 is 1.16 bits per heavy atom. The van der Waals surface area contributed by atoms with Gasteiger partial charge in [0, 0.05) is 25.0 Å². The van der Waals surface area contributed by atoms with Crippen molar-refractivity contribution in [2.45, 2.75) is 19.8 Å². The number of ether oxygens (including phenoxy) is 2. The molecule has 0 unspecified atom stereocenters. The predicted molar refractivity (Wildman–Crippen MR) is 82.8 cm³/mol. The number of benzene rings is 1. The van der Waals surface area contributed by atoms with Crippen molar-refractivity contribution in [3.05, 3.63) is 29.8 Å². The second kappa shape index (κ2) is 10.2. The van der Waals surface area contributed by atoms with Crippen LogP contribution in [0.4, 0.5) is 0 Å². The van der Waals surface area contributed by atoms with E-state index in [1.54, 1.807) is 28.7 Å². The molecule has 0 aliphatic carbocycles. The lowest BCUT2D eigenvalue weighted by molar-refractivity contribution is -0.134. The van der Waals surface area contributed by atoms with Crippen LogP contribution in [-0.2, 0) is 9.53 Å². The van der Waals surface area contributed by atoms with Gasteiger partial charge in [-0.15, -0.1) is 0 Å². The highest BCUT2D eigenvalue weighted by Crippen LogP contribution is 2.22. The molecule has 0 bridgehead atoms. The first-order chi connectivity index (χ1) is 9.22. The molecule has 0 radical (unpaired) electrons. The van der Waals surface area contributed by atoms with E-state index in [1.165, 1.54) is 0 Å². The van der Waals surface area contributed by atoms with E-state index in [-0.39, 0.29) is 5.97 Å². The number of carbonyl (C=O) groups is 1. The Kier molecular flexibility index (Phi) is 8.79. The smallest absolute Gasteiger partial charge is 0.311 e. The molecule has 0 saturated carbocycles. The van der Waals surface area contributed by atoms with Gasteiger partial charge in [-0.2, -0.15) is 0 Å². The molecule has 19 heavy (non-hydrogen) atoms. The Balaban J connectivity index is 2.06. The molecule has 1 aromatic carbocycles. The van der Waals surface area contributed by atoms with E-state index < -0.39 is 0 Å². The minimum atomic E-state index is -0.161. The van der Waals surface area contributed by atoms with Crippen molar-refractivity contribution in [1.29, 1.82) is 0 Å². The monoisotopic (exact) mass is 300 g/mol. The topological polar surface area (TPSA) is 35.5 Å². The van der Waals surface area contributed by atoms with Crippen LogP contribution in [0, 0.1) is 6.92 Å². The summed E-state index contributed by atoms with van der Waals surface area (Å²) in [6.45, 7) is 2.78. The molecule has 0 saturated heterocycles. The Morgan fingerprint density at radius 3 is 2.53 bits per heavy atom. The SMILES string of the molecule is COCCSSCCCC(=O)Oc1ccc(C)cc1. The molecular formula is C14H20O3S2. The Hall–Kier alpha value is -0.650. The third-order valence-corrected chi connectivity index (χ3v) is 4.77. The fraction of sp³-hybridized carbons (Fsp3) is 0.500. The van der Waals surface area contributed by atoms with Crippen molar-refractivity contribution < 1.29 is 14.3 Å². The number of aryl methyl sites for hydroxylation is 1. The number of carbonyl (C=O) groups excluding carboxylic acids is 1. The van der Waals surface area contributed by atoms with Gasteiger partial charge in [-0.05, 0) is 25.5 Å². The molecule has 1 aromatic rings. The second-order valence-corrected chi connectivity index (χ2v) is 6.73. The number of hydrogen-bond donors (Lipinski definition) is 0. The molecule has 106 valence electrons. The van der Waals surface area contributed by atoms with Crippen LogP contribution in [-0.4, -0.2) is 31.2 Å². The molecule has 0 N–H and O–H groups in total. The molecule has 3 nitrogen and oxygen atoms in total. The summed E-state index contributed by atoms with van der Waals surface area (Å²) in [6, 6.07) is 7.51. The van der Waals surface area contributed by atoms with Crippen molar-refractivity contribution >= 4 is 27.6 Å². The molecule has 1 rings (SSSR count). The van der Waals surface area contributed by atoms with Crippen LogP contribution in [0.25, 0.3) is 0 Å². The number of rotatable bonds is 9. The number of methoxy groups -OCH3 is 1. The predicted octanol–water partition coefficient (Wildman–Crippen LogP) is 3.71. The minimum absolute atomic E-state index is 0.161. The third-order valence-electron chi connectivity index (χ3n) is 2.32. The highest BCUT2D eigenvalue weighted by molar-refractivity contribution is 8.76. The third kappa shape index (κ3) is 8.18. The normalized spacial score (nSPS) is 10.4. The standard InChI is InChI=1S/C14H20O3S2/c1-12-5-7-13(8-6-12)17-14(15)4-3-10-18-19-11-9-16-2/h5-8H,3-4,9-11H2,1-2H3. The lowest BCUT2D eigenvalue weighted by atomic mass is 10.2. The van der Waals surface area contributed by atoms with Crippen LogP contribution in [0.5, 0.6) is 5.75 Å². The van der Waals surface area contributed by atoms with Gasteiger partial charge in [0.25, 0.3) is 0 Å². The average molecular weight is 300 g/mol. The van der Waals surface area contributed by atoms with Crippen LogP contribution in [0.3, 0.4) is 0 Å². The van der Waals surface area contributed by atoms with Crippen molar-refractivity contribution in [2.24, 2.45) is 0 Å². The summed E-state index contributed by atoms with van der Waals surface area (Å²) in [5.74, 6) is 2.40. The summed E-state index contributed by atoms with van der Waals surface area (Å²) in [4.78, 5) is 11.6. The first-order valence-corrected chi connectivity index (χ1v) is 8.72. The van der Waals surface area contributed by atoms with Crippen LogP contribution in [0.2, 0.25) is 0 Å². The highest BCUT2D eigenvalue weighted by Gasteiger charge is 2.04. The van der Waals surface area contributed by atoms with E-state index in [0.29, 0.717) is 12.2 Å². The first-order valence-electron chi connectivity index (χ1n) is 6.23. The zero-order valence-corrected chi connectivity index (χ0v) is 13.0. The van der Waals surface area contributed by atoms with Gasteiger partial charge < -0.3 is 9.47 Å². The zero-order chi connectivity index (χ0) is 13.9. The maximum atomic E-state index is 11.6. The quantitative estimate of drug-likeness (QED) is 0.301. The number of hydrogen-bond acceptors (Lipinski definition) is 5. The van der Waals surface area contributed by atoms with Crippen molar-refractivity contribution in [3.8, 4) is 5.75 Å². The maximum absolute atomic E-state index is 11.6. The summed E-state index contributed by atoms with van der Waals surface area (Å²) in [7, 11) is 5.25. The first kappa shape index (κ1) is 16.4. The van der Waals surface area contributed by atoms with Gasteiger partial charge in [0.05, 0.1) is 6.61 Å². The summed E-state index contributed by atoms with van der Waals surface area (Å²) >= 11 is 0. The fourth-order valence-electron chi connectivity index (χ4n) is 1.30. The lowest BCUT2D eigenvalue weighted by Crippen LogP contribution is -2.07. The van der Waals surface area contributed by atoms with Gasteiger partial charge in [0.1, 0.15) is 5.75 Å². The zero-order valence-electron chi connectivity index (χ0n) is 11.4. The second-order valence-electron chi connectivity index (χ2n) is 4.03. The molecule has 5 heteroatoms. The molecule has 0 fully saturated rings. The molecule has 0 amide bonds. The van der Waals surface area contributed by atoms with Crippen LogP contribution in [0.1, 0.15) is 18.4 Å². The fourth-order valence-corrected chi connectivity index (χ4v) is 3.30. The maximum Gasteiger partial charge on any atom is 0.311 e. The molecule has 0 aliphatic rings. The van der Waals surface area contributed by atoms with E-state index in [2.05, 4.69) is 0 Å². The van der Waals surface area contributed by atoms with E-state index in [0.717, 1.165) is 30.1 Å². The van der Waals surface area contributed by atoms with Gasteiger partial charge in [0.2, 0.25) is 0 Å². The largest absolute Gasteiger partial charge is 0.427 e. The van der Waals surface area contributed by atoms with E-state index in [1.807, 2.05) is 31.2 Å². The summed E-state index contributed by atoms with van der Waals surface area (Å²) in [5, 5.41) is 0. The molecule has 0 aliphatic heterocycles. The van der Waals surface area contributed by atoms with Crippen LogP contribution < -0.4 is 4.74 Å². The van der Waals surface area contributed by atoms with E-state index in [4.69, 9.17) is 9.47 Å². The Labute approximate surface area is 122 Å². The molecule has 0 heterocycles. The van der Waals surface area contributed by atoms with Gasteiger partial charge >= 0.3 is 5.97 Å². The summed E-state index contributed by atoms with van der Waals surface area (Å²) < 4.78 is 10.2. The van der Waals surface area contributed by atoms with Crippen LogP contribution >= 0.6 is 21.6 Å². The van der Waals surface area contributed by atoms with E-state index in [9.17, 15) is 4.79 Å². The molecule has 0 spiro atoms. The van der Waals surface area contributed by atoms with Gasteiger partial charge in [-0.1, -0.05) is 39.3 Å².